The maximum Gasteiger partial charge on any atom is 0.396 e. The summed E-state index contributed by atoms with van der Waals surface area (Å²) in [5.74, 6) is -0.395. The van der Waals surface area contributed by atoms with E-state index in [1.165, 1.54) is 11.3 Å². The quantitative estimate of drug-likeness (QED) is 0.928. The minimum atomic E-state index is -4.24. The van der Waals surface area contributed by atoms with Crippen molar-refractivity contribution >= 4 is 17.2 Å². The molecule has 1 aromatic heterocycles. The van der Waals surface area contributed by atoms with Gasteiger partial charge in [-0.2, -0.15) is 13.2 Å². The Morgan fingerprint density at radius 1 is 1.40 bits per heavy atom. The molecule has 0 spiro atoms. The first kappa shape index (κ1) is 15.3. The molecule has 20 heavy (non-hydrogen) atoms. The van der Waals surface area contributed by atoms with Gasteiger partial charge in [0.1, 0.15) is 0 Å². The number of carbonyl (C=O) groups is 1. The Morgan fingerprint density at radius 3 is 2.45 bits per heavy atom. The predicted molar refractivity (Wildman–Crippen MR) is 70.6 cm³/mol. The molecular formula is C13H17F3N2OS. The van der Waals surface area contributed by atoms with Crippen LogP contribution in [0.25, 0.3) is 0 Å². The minimum absolute atomic E-state index is 0.0457. The molecule has 1 aliphatic carbocycles. The number of thiazole rings is 1. The Morgan fingerprint density at radius 2 is 2.05 bits per heavy atom. The molecule has 0 saturated heterocycles. The predicted octanol–water partition coefficient (Wildman–Crippen LogP) is 3.15. The Kier molecular flexibility index (Phi) is 4.09. The largest absolute Gasteiger partial charge is 0.396 e. The molecule has 1 aromatic rings. The zero-order valence-electron chi connectivity index (χ0n) is 11.4. The van der Waals surface area contributed by atoms with Crippen molar-refractivity contribution in [3.05, 3.63) is 15.6 Å². The SMILES string of the molecule is Cc1nc(CC(=O)NCC2(C(F)(F)F)CCC2)c(C)s1. The smallest absolute Gasteiger partial charge is 0.355 e. The average molecular weight is 306 g/mol. The van der Waals surface area contributed by atoms with E-state index in [0.29, 0.717) is 12.1 Å². The third-order valence-electron chi connectivity index (χ3n) is 3.86. The molecule has 0 bridgehead atoms. The van der Waals surface area contributed by atoms with E-state index in [0.717, 1.165) is 9.88 Å². The van der Waals surface area contributed by atoms with E-state index < -0.39 is 17.5 Å². The van der Waals surface area contributed by atoms with E-state index in [-0.39, 0.29) is 25.8 Å². The van der Waals surface area contributed by atoms with Crippen molar-refractivity contribution in [2.45, 2.75) is 45.7 Å². The van der Waals surface area contributed by atoms with E-state index >= 15 is 0 Å². The molecule has 0 unspecified atom stereocenters. The zero-order valence-corrected chi connectivity index (χ0v) is 12.2. The van der Waals surface area contributed by atoms with Crippen LogP contribution < -0.4 is 5.32 Å². The number of amides is 1. The minimum Gasteiger partial charge on any atom is -0.355 e. The van der Waals surface area contributed by atoms with Crippen LogP contribution in [0.1, 0.15) is 34.8 Å². The second-order valence-corrected chi connectivity index (χ2v) is 6.73. The summed E-state index contributed by atoms with van der Waals surface area (Å²) in [5.41, 5.74) is -1.06. The molecule has 3 nitrogen and oxygen atoms in total. The molecule has 0 radical (unpaired) electrons. The fraction of sp³-hybridized carbons (Fsp3) is 0.692. The molecular weight excluding hydrogens is 289 g/mol. The Bertz CT molecular complexity index is 506. The molecule has 1 fully saturated rings. The third-order valence-corrected chi connectivity index (χ3v) is 4.79. The molecule has 1 heterocycles. The van der Waals surface area contributed by atoms with Crippen LogP contribution in [0.15, 0.2) is 0 Å². The monoisotopic (exact) mass is 306 g/mol. The Balaban J connectivity index is 1.91. The first-order chi connectivity index (χ1) is 9.23. The second-order valence-electron chi connectivity index (χ2n) is 5.32. The number of hydrogen-bond donors (Lipinski definition) is 1. The van der Waals surface area contributed by atoms with Gasteiger partial charge in [-0.05, 0) is 26.7 Å². The lowest BCUT2D eigenvalue weighted by atomic mass is 9.68. The number of carbonyl (C=O) groups excluding carboxylic acids is 1. The van der Waals surface area contributed by atoms with Crippen LogP contribution in [-0.2, 0) is 11.2 Å². The van der Waals surface area contributed by atoms with Crippen molar-refractivity contribution in [2.24, 2.45) is 5.41 Å². The van der Waals surface area contributed by atoms with Crippen LogP contribution in [0.2, 0.25) is 0 Å². The molecule has 1 saturated carbocycles. The summed E-state index contributed by atoms with van der Waals surface area (Å²) in [7, 11) is 0. The van der Waals surface area contributed by atoms with Gasteiger partial charge < -0.3 is 5.32 Å². The number of nitrogens with zero attached hydrogens (tertiary/aromatic N) is 1. The average Bonchev–Trinajstić information content (AvgIpc) is 2.53. The van der Waals surface area contributed by atoms with Crippen molar-refractivity contribution in [3.63, 3.8) is 0 Å². The van der Waals surface area contributed by atoms with E-state index in [4.69, 9.17) is 0 Å². The van der Waals surface area contributed by atoms with Gasteiger partial charge in [0.15, 0.2) is 0 Å². The molecule has 0 aromatic carbocycles. The number of aromatic nitrogens is 1. The first-order valence-electron chi connectivity index (χ1n) is 6.50. The van der Waals surface area contributed by atoms with Crippen LogP contribution in [0.3, 0.4) is 0 Å². The number of alkyl halides is 3. The van der Waals surface area contributed by atoms with Gasteiger partial charge in [0.2, 0.25) is 5.91 Å². The molecule has 2 rings (SSSR count). The van der Waals surface area contributed by atoms with Crippen molar-refractivity contribution in [3.8, 4) is 0 Å². The van der Waals surface area contributed by atoms with Crippen molar-refractivity contribution in [2.75, 3.05) is 6.54 Å². The lowest BCUT2D eigenvalue weighted by Crippen LogP contribution is -2.52. The maximum atomic E-state index is 12.9. The summed E-state index contributed by atoms with van der Waals surface area (Å²) >= 11 is 1.48. The summed E-state index contributed by atoms with van der Waals surface area (Å²) in [4.78, 5) is 16.9. The maximum absolute atomic E-state index is 12.9. The molecule has 1 amide bonds. The molecule has 0 atom stereocenters. The summed E-state index contributed by atoms with van der Waals surface area (Å²) in [6.45, 7) is 3.37. The highest BCUT2D eigenvalue weighted by atomic mass is 32.1. The Hall–Kier alpha value is -1.11. The molecule has 1 aliphatic rings. The fourth-order valence-electron chi connectivity index (χ4n) is 2.38. The lowest BCUT2D eigenvalue weighted by molar-refractivity contribution is -0.248. The standard InChI is InChI=1S/C13H17F3N2OS/c1-8-10(18-9(2)20-8)6-11(19)17-7-12(4-3-5-12)13(14,15)16/h3-7H2,1-2H3,(H,17,19). The van der Waals surface area contributed by atoms with Gasteiger partial charge in [-0.15, -0.1) is 11.3 Å². The van der Waals surface area contributed by atoms with Crippen LogP contribution in [0.4, 0.5) is 13.2 Å². The van der Waals surface area contributed by atoms with Crippen LogP contribution in [0, 0.1) is 19.3 Å². The normalized spacial score (nSPS) is 17.6. The van der Waals surface area contributed by atoms with Gasteiger partial charge in [-0.25, -0.2) is 4.98 Å². The van der Waals surface area contributed by atoms with Gasteiger partial charge in [0, 0.05) is 11.4 Å². The molecule has 112 valence electrons. The van der Waals surface area contributed by atoms with E-state index in [2.05, 4.69) is 10.3 Å². The van der Waals surface area contributed by atoms with Gasteiger partial charge in [0.25, 0.3) is 0 Å². The highest BCUT2D eigenvalue weighted by Crippen LogP contribution is 2.52. The number of halogens is 3. The summed E-state index contributed by atoms with van der Waals surface area (Å²) in [6.07, 6.45) is -3.42. The van der Waals surface area contributed by atoms with Gasteiger partial charge in [0.05, 0.1) is 22.5 Å². The Labute approximate surface area is 119 Å². The number of hydrogen-bond acceptors (Lipinski definition) is 3. The van der Waals surface area contributed by atoms with Crippen molar-refractivity contribution in [1.29, 1.82) is 0 Å². The topological polar surface area (TPSA) is 42.0 Å². The summed E-state index contributed by atoms with van der Waals surface area (Å²) < 4.78 is 38.8. The highest BCUT2D eigenvalue weighted by Gasteiger charge is 2.58. The summed E-state index contributed by atoms with van der Waals surface area (Å²) in [5, 5.41) is 3.28. The summed E-state index contributed by atoms with van der Waals surface area (Å²) in [6, 6.07) is 0. The number of rotatable bonds is 4. The molecule has 0 aliphatic heterocycles. The van der Waals surface area contributed by atoms with E-state index in [1.807, 2.05) is 13.8 Å². The number of aryl methyl sites for hydroxylation is 2. The molecule has 1 N–H and O–H groups in total. The second kappa shape index (κ2) is 5.35. The lowest BCUT2D eigenvalue weighted by Gasteiger charge is -2.43. The van der Waals surface area contributed by atoms with Gasteiger partial charge in [-0.3, -0.25) is 4.79 Å². The van der Waals surface area contributed by atoms with Crippen molar-refractivity contribution < 1.29 is 18.0 Å². The zero-order chi connectivity index (χ0) is 15.0. The van der Waals surface area contributed by atoms with Gasteiger partial charge in [-0.1, -0.05) is 6.42 Å². The van der Waals surface area contributed by atoms with Crippen molar-refractivity contribution in [1.82, 2.24) is 10.3 Å². The van der Waals surface area contributed by atoms with Gasteiger partial charge >= 0.3 is 6.18 Å². The van der Waals surface area contributed by atoms with Crippen LogP contribution in [-0.4, -0.2) is 23.6 Å². The van der Waals surface area contributed by atoms with E-state index in [9.17, 15) is 18.0 Å². The molecule has 7 heteroatoms. The van der Waals surface area contributed by atoms with E-state index in [1.54, 1.807) is 0 Å². The first-order valence-corrected chi connectivity index (χ1v) is 7.31. The third kappa shape index (κ3) is 2.97. The van der Waals surface area contributed by atoms with Crippen LogP contribution in [0.5, 0.6) is 0 Å². The highest BCUT2D eigenvalue weighted by molar-refractivity contribution is 7.11. The number of nitrogens with one attached hydrogen (secondary N) is 1. The fourth-order valence-corrected chi connectivity index (χ4v) is 3.22. The van der Waals surface area contributed by atoms with Crippen LogP contribution >= 0.6 is 11.3 Å².